The average Bonchev–Trinajstić information content (AvgIpc) is 3.32. The number of aliphatic hydroxyl groups is 1. The number of ether oxygens (including phenoxy) is 1. The fourth-order valence-electron chi connectivity index (χ4n) is 4.72. The first-order valence-electron chi connectivity index (χ1n) is 12.6. The lowest BCUT2D eigenvalue weighted by molar-refractivity contribution is -0.143. The third-order valence-electron chi connectivity index (χ3n) is 6.71. The second kappa shape index (κ2) is 12.9. The van der Waals surface area contributed by atoms with Crippen molar-refractivity contribution in [3.63, 3.8) is 0 Å². The quantitative estimate of drug-likeness (QED) is 0.448. The van der Waals surface area contributed by atoms with E-state index < -0.39 is 24.5 Å². The number of urea groups is 1. The summed E-state index contributed by atoms with van der Waals surface area (Å²) >= 11 is 0. The van der Waals surface area contributed by atoms with E-state index in [1.165, 1.54) is 4.90 Å². The van der Waals surface area contributed by atoms with E-state index in [4.69, 9.17) is 9.72 Å². The van der Waals surface area contributed by atoms with Crippen molar-refractivity contribution in [2.45, 2.75) is 38.9 Å². The van der Waals surface area contributed by atoms with Crippen molar-refractivity contribution in [1.82, 2.24) is 9.88 Å². The lowest BCUT2D eigenvalue weighted by atomic mass is 10.00. The molecule has 0 saturated carbocycles. The number of pyridine rings is 1. The Morgan fingerprint density at radius 1 is 1.21 bits per heavy atom. The lowest BCUT2D eigenvalue weighted by Crippen LogP contribution is -2.37. The molecule has 2 fully saturated rings. The highest BCUT2D eigenvalue weighted by Crippen LogP contribution is 2.33. The molecule has 2 aromatic rings. The van der Waals surface area contributed by atoms with E-state index in [0.29, 0.717) is 50.8 Å². The molecule has 0 radical (unpaired) electrons. The van der Waals surface area contributed by atoms with Crippen molar-refractivity contribution in [1.29, 1.82) is 0 Å². The number of benzene rings is 1. The molecule has 0 bridgehead atoms. The fourth-order valence-corrected chi connectivity index (χ4v) is 4.72. The Kier molecular flexibility index (Phi) is 10.1. The van der Waals surface area contributed by atoms with E-state index in [1.807, 2.05) is 38.1 Å². The Morgan fingerprint density at radius 3 is 2.63 bits per heavy atom. The summed E-state index contributed by atoms with van der Waals surface area (Å²) in [5.74, 6) is 0.846. The molecule has 2 saturated heterocycles. The van der Waals surface area contributed by atoms with Crippen LogP contribution in [-0.2, 0) is 4.74 Å². The number of hydrogen-bond acceptors (Lipinski definition) is 6. The molecule has 3 heterocycles. The predicted molar refractivity (Wildman–Crippen MR) is 144 cm³/mol. The van der Waals surface area contributed by atoms with Crippen LogP contribution in [0.1, 0.15) is 25.3 Å². The summed E-state index contributed by atoms with van der Waals surface area (Å²) < 4.78 is 43.7. The number of nitrogens with one attached hydrogen (secondary N) is 2. The molecular formula is C26H35ClF3N5O3. The number of aromatic nitrogens is 1. The van der Waals surface area contributed by atoms with Crippen LogP contribution in [0.15, 0.2) is 30.3 Å². The number of carbonyl (C=O) groups excluding carboxylic acids is 1. The van der Waals surface area contributed by atoms with Gasteiger partial charge in [-0.3, -0.25) is 0 Å². The van der Waals surface area contributed by atoms with E-state index in [-0.39, 0.29) is 31.6 Å². The van der Waals surface area contributed by atoms with Crippen LogP contribution in [0.2, 0.25) is 0 Å². The molecule has 0 spiro atoms. The average molecular weight is 558 g/mol. The van der Waals surface area contributed by atoms with Crippen LogP contribution in [-0.4, -0.2) is 79.2 Å². The minimum absolute atomic E-state index is 0. The summed E-state index contributed by atoms with van der Waals surface area (Å²) in [7, 11) is 0. The number of likely N-dealkylation sites (tertiary alicyclic amines) is 1. The molecule has 2 atom stereocenters. The number of morpholine rings is 1. The van der Waals surface area contributed by atoms with Crippen molar-refractivity contribution in [3.05, 3.63) is 35.9 Å². The highest BCUT2D eigenvalue weighted by molar-refractivity contribution is 5.91. The number of hydrogen-bond donors (Lipinski definition) is 3. The Morgan fingerprint density at radius 2 is 1.95 bits per heavy atom. The maximum absolute atomic E-state index is 12.8. The number of anilines is 3. The Balaban J connectivity index is 0.00000400. The zero-order valence-electron chi connectivity index (χ0n) is 21.6. The number of amides is 2. The molecule has 2 unspecified atom stereocenters. The monoisotopic (exact) mass is 557 g/mol. The summed E-state index contributed by atoms with van der Waals surface area (Å²) in [5.41, 5.74) is 3.34. The molecule has 2 aliphatic rings. The molecule has 8 nitrogen and oxygen atoms in total. The van der Waals surface area contributed by atoms with E-state index >= 15 is 0 Å². The topological polar surface area (TPSA) is 90.0 Å². The van der Waals surface area contributed by atoms with E-state index in [0.717, 1.165) is 22.5 Å². The predicted octanol–water partition coefficient (Wildman–Crippen LogP) is 4.91. The van der Waals surface area contributed by atoms with E-state index in [9.17, 15) is 23.1 Å². The van der Waals surface area contributed by atoms with Crippen LogP contribution in [0.4, 0.5) is 35.3 Å². The number of carbonyl (C=O) groups is 1. The van der Waals surface area contributed by atoms with Gasteiger partial charge in [-0.1, -0.05) is 6.07 Å². The maximum Gasteiger partial charge on any atom is 0.389 e. The molecular weight excluding hydrogens is 523 g/mol. The van der Waals surface area contributed by atoms with E-state index in [1.54, 1.807) is 6.07 Å². The van der Waals surface area contributed by atoms with Gasteiger partial charge in [-0.15, -0.1) is 12.4 Å². The number of aryl methyl sites for hydroxylation is 1. The van der Waals surface area contributed by atoms with Crippen LogP contribution < -0.4 is 15.5 Å². The number of aliphatic hydroxyl groups excluding tert-OH is 1. The lowest BCUT2D eigenvalue weighted by Gasteiger charge is -2.29. The summed E-state index contributed by atoms with van der Waals surface area (Å²) in [6.07, 6.45) is -4.75. The summed E-state index contributed by atoms with van der Waals surface area (Å²) in [6.45, 7) is 6.84. The molecule has 1 aromatic heterocycles. The van der Waals surface area contributed by atoms with Crippen molar-refractivity contribution < 1.29 is 27.8 Å². The Hall–Kier alpha value is -2.76. The second-order valence-electron chi connectivity index (χ2n) is 9.81. The minimum Gasteiger partial charge on any atom is -0.394 e. The second-order valence-corrected chi connectivity index (χ2v) is 9.81. The van der Waals surface area contributed by atoms with Crippen LogP contribution >= 0.6 is 12.4 Å². The largest absolute Gasteiger partial charge is 0.394 e. The van der Waals surface area contributed by atoms with Gasteiger partial charge >= 0.3 is 12.2 Å². The van der Waals surface area contributed by atoms with Gasteiger partial charge in [-0.2, -0.15) is 13.2 Å². The SMILES string of the molecule is Cc1ccc(NC(=O)N2CCC(CC(F)(F)F)C2)cc1-c1cc(NC(C)CO)nc(N2CCOCC2)c1.Cl. The highest BCUT2D eigenvalue weighted by Gasteiger charge is 2.36. The van der Waals surface area contributed by atoms with E-state index in [2.05, 4.69) is 15.5 Å². The van der Waals surface area contributed by atoms with Crippen molar-refractivity contribution in [2.75, 3.05) is 61.5 Å². The molecule has 2 aliphatic heterocycles. The van der Waals surface area contributed by atoms with Crippen molar-refractivity contribution in [3.8, 4) is 11.1 Å². The van der Waals surface area contributed by atoms with Gasteiger partial charge in [0.05, 0.1) is 19.8 Å². The maximum atomic E-state index is 12.8. The zero-order chi connectivity index (χ0) is 26.6. The van der Waals surface area contributed by atoms with Gasteiger partial charge in [0.15, 0.2) is 0 Å². The summed E-state index contributed by atoms with van der Waals surface area (Å²) in [6, 6.07) is 8.88. The first-order chi connectivity index (χ1) is 17.6. The summed E-state index contributed by atoms with van der Waals surface area (Å²) in [5, 5.41) is 15.6. The number of alkyl halides is 3. The van der Waals surface area contributed by atoms with Gasteiger partial charge in [0.25, 0.3) is 0 Å². The number of nitrogens with zero attached hydrogens (tertiary/aromatic N) is 3. The fraction of sp³-hybridized carbons (Fsp3) is 0.538. The van der Waals surface area contributed by atoms with Gasteiger partial charge in [0, 0.05) is 44.3 Å². The first-order valence-corrected chi connectivity index (χ1v) is 12.6. The van der Waals surface area contributed by atoms with Gasteiger partial charge in [0.2, 0.25) is 0 Å². The van der Waals surface area contributed by atoms with Gasteiger partial charge < -0.3 is 30.3 Å². The smallest absolute Gasteiger partial charge is 0.389 e. The van der Waals surface area contributed by atoms with Gasteiger partial charge in [-0.05, 0) is 67.1 Å². The van der Waals surface area contributed by atoms with Gasteiger partial charge in [-0.25, -0.2) is 9.78 Å². The minimum atomic E-state index is -4.23. The summed E-state index contributed by atoms with van der Waals surface area (Å²) in [4.78, 5) is 21.1. The standard InChI is InChI=1S/C26H34F3N5O3.ClH/c1-17-3-4-21(31-25(36)34-6-5-19(15-34)14-26(27,28)29)13-22(17)20-11-23(30-18(2)16-35)32-24(12-20)33-7-9-37-10-8-33;/h3-4,11-13,18-19,35H,5-10,14-16H2,1-2H3,(H,30,32)(H,31,36);1H. The third kappa shape index (κ3) is 7.87. The first kappa shape index (κ1) is 29.8. The number of rotatable bonds is 7. The third-order valence-corrected chi connectivity index (χ3v) is 6.71. The molecule has 0 aliphatic carbocycles. The van der Waals surface area contributed by atoms with Crippen molar-refractivity contribution >= 4 is 35.8 Å². The van der Waals surface area contributed by atoms with Crippen molar-refractivity contribution in [2.24, 2.45) is 5.92 Å². The molecule has 12 heteroatoms. The number of halogens is 4. The molecule has 4 rings (SSSR count). The van der Waals surface area contributed by atoms with Crippen LogP contribution in [0.5, 0.6) is 0 Å². The van der Waals surface area contributed by atoms with Crippen LogP contribution in [0.3, 0.4) is 0 Å². The molecule has 38 heavy (non-hydrogen) atoms. The van der Waals surface area contributed by atoms with Gasteiger partial charge in [0.1, 0.15) is 11.6 Å². The molecule has 2 amide bonds. The molecule has 210 valence electrons. The Bertz CT molecular complexity index is 1100. The normalized spacial score (nSPS) is 18.6. The van der Waals surface area contributed by atoms with Crippen LogP contribution in [0.25, 0.3) is 11.1 Å². The van der Waals surface area contributed by atoms with Crippen LogP contribution in [0, 0.1) is 12.8 Å². The Labute approximate surface area is 227 Å². The molecule has 1 aromatic carbocycles. The molecule has 3 N–H and O–H groups in total. The zero-order valence-corrected chi connectivity index (χ0v) is 22.4. The highest BCUT2D eigenvalue weighted by atomic mass is 35.5.